The summed E-state index contributed by atoms with van der Waals surface area (Å²) in [6.07, 6.45) is 1.85. The van der Waals surface area contributed by atoms with Gasteiger partial charge in [-0.2, -0.15) is 0 Å². The lowest BCUT2D eigenvalue weighted by Gasteiger charge is -2.26. The summed E-state index contributed by atoms with van der Waals surface area (Å²) < 4.78 is 5.58. The van der Waals surface area contributed by atoms with E-state index in [4.69, 9.17) is 4.42 Å². The topological polar surface area (TPSA) is 28.4 Å². The smallest absolute Gasteiger partial charge is 0.118 e. The van der Waals surface area contributed by atoms with Crippen molar-refractivity contribution in [3.05, 3.63) is 23.7 Å². The van der Waals surface area contributed by atoms with Gasteiger partial charge in [-0.25, -0.2) is 0 Å². The molecular weight excluding hydrogens is 212 g/mol. The molecule has 3 nitrogen and oxygen atoms in total. The first-order valence-electron chi connectivity index (χ1n) is 6.51. The Bertz CT molecular complexity index is 320. The summed E-state index contributed by atoms with van der Waals surface area (Å²) in [4.78, 5) is 2.33. The number of rotatable bonds is 7. The highest BCUT2D eigenvalue weighted by Gasteiger charge is 2.14. The van der Waals surface area contributed by atoms with E-state index in [1.54, 1.807) is 0 Å². The van der Waals surface area contributed by atoms with Crippen LogP contribution in [0.1, 0.15) is 39.0 Å². The Morgan fingerprint density at radius 1 is 1.35 bits per heavy atom. The van der Waals surface area contributed by atoms with Crippen molar-refractivity contribution < 1.29 is 4.42 Å². The number of hydrogen-bond donors (Lipinski definition) is 1. The molecule has 17 heavy (non-hydrogen) atoms. The predicted molar refractivity (Wildman–Crippen MR) is 71.9 cm³/mol. The van der Waals surface area contributed by atoms with E-state index in [1.807, 2.05) is 6.26 Å². The number of furan rings is 1. The van der Waals surface area contributed by atoms with E-state index in [2.05, 4.69) is 51.0 Å². The average Bonchev–Trinajstić information content (AvgIpc) is 2.72. The van der Waals surface area contributed by atoms with Crippen LogP contribution >= 0.6 is 0 Å². The zero-order valence-electron chi connectivity index (χ0n) is 11.8. The zero-order chi connectivity index (χ0) is 12.8. The first-order chi connectivity index (χ1) is 8.04. The van der Waals surface area contributed by atoms with E-state index in [-0.39, 0.29) is 0 Å². The molecule has 0 aromatic carbocycles. The number of nitrogens with zero attached hydrogens (tertiary/aromatic N) is 1. The molecule has 1 atom stereocenters. The Hall–Kier alpha value is -0.800. The minimum absolute atomic E-state index is 0.567. The van der Waals surface area contributed by atoms with E-state index in [1.165, 1.54) is 5.56 Å². The standard InChI is InChI=1S/C14H26N2O/c1-6-15-8-13-7-14(17-10-13)9-16(5)12(4)11(2)3/h7,10-12,15H,6,8-9H2,1-5H3. The van der Waals surface area contributed by atoms with Crippen molar-refractivity contribution >= 4 is 0 Å². The fourth-order valence-corrected chi connectivity index (χ4v) is 1.77. The maximum absolute atomic E-state index is 5.58. The Morgan fingerprint density at radius 2 is 2.06 bits per heavy atom. The summed E-state index contributed by atoms with van der Waals surface area (Å²) in [6.45, 7) is 11.6. The third kappa shape index (κ3) is 4.52. The van der Waals surface area contributed by atoms with Crippen LogP contribution in [0, 0.1) is 5.92 Å². The minimum Gasteiger partial charge on any atom is -0.468 e. The summed E-state index contributed by atoms with van der Waals surface area (Å²) in [6, 6.07) is 2.71. The Kier molecular flexibility index (Phi) is 5.72. The van der Waals surface area contributed by atoms with Gasteiger partial charge in [0.25, 0.3) is 0 Å². The Balaban J connectivity index is 2.48. The highest BCUT2D eigenvalue weighted by molar-refractivity contribution is 5.12. The second-order valence-electron chi connectivity index (χ2n) is 5.10. The molecular formula is C14H26N2O. The van der Waals surface area contributed by atoms with Crippen LogP contribution in [0.4, 0.5) is 0 Å². The molecule has 1 heterocycles. The molecule has 0 saturated carbocycles. The van der Waals surface area contributed by atoms with Crippen LogP contribution < -0.4 is 5.32 Å². The maximum atomic E-state index is 5.58. The van der Waals surface area contributed by atoms with E-state index in [0.29, 0.717) is 12.0 Å². The van der Waals surface area contributed by atoms with Gasteiger partial charge in [0.15, 0.2) is 0 Å². The molecule has 0 spiro atoms. The van der Waals surface area contributed by atoms with Crippen molar-refractivity contribution in [2.45, 2.75) is 46.8 Å². The van der Waals surface area contributed by atoms with Crippen molar-refractivity contribution in [1.82, 2.24) is 10.2 Å². The second kappa shape index (κ2) is 6.82. The lowest BCUT2D eigenvalue weighted by molar-refractivity contribution is 0.187. The van der Waals surface area contributed by atoms with Crippen molar-refractivity contribution in [3.8, 4) is 0 Å². The highest BCUT2D eigenvalue weighted by atomic mass is 16.3. The summed E-state index contributed by atoms with van der Waals surface area (Å²) in [5.74, 6) is 1.71. The first kappa shape index (κ1) is 14.3. The lowest BCUT2D eigenvalue weighted by Crippen LogP contribution is -2.32. The monoisotopic (exact) mass is 238 g/mol. The van der Waals surface area contributed by atoms with Gasteiger partial charge in [-0.15, -0.1) is 0 Å². The largest absolute Gasteiger partial charge is 0.468 e. The third-order valence-electron chi connectivity index (χ3n) is 3.35. The maximum Gasteiger partial charge on any atom is 0.118 e. The molecule has 1 aromatic rings. The third-order valence-corrected chi connectivity index (χ3v) is 3.35. The van der Waals surface area contributed by atoms with Gasteiger partial charge in [-0.1, -0.05) is 20.8 Å². The number of hydrogen-bond acceptors (Lipinski definition) is 3. The fraction of sp³-hybridized carbons (Fsp3) is 0.714. The summed E-state index contributed by atoms with van der Waals surface area (Å²) >= 11 is 0. The van der Waals surface area contributed by atoms with Crippen LogP contribution in [-0.2, 0) is 13.1 Å². The molecule has 0 aliphatic carbocycles. The van der Waals surface area contributed by atoms with Crippen molar-refractivity contribution in [2.24, 2.45) is 5.92 Å². The van der Waals surface area contributed by atoms with Crippen molar-refractivity contribution in [1.29, 1.82) is 0 Å². The van der Waals surface area contributed by atoms with E-state index >= 15 is 0 Å². The zero-order valence-corrected chi connectivity index (χ0v) is 11.8. The van der Waals surface area contributed by atoms with Crippen LogP contribution in [0.5, 0.6) is 0 Å². The van der Waals surface area contributed by atoms with Gasteiger partial charge in [0.05, 0.1) is 12.8 Å². The SMILES string of the molecule is CCNCc1coc(CN(C)C(C)C(C)C)c1. The van der Waals surface area contributed by atoms with E-state index in [9.17, 15) is 0 Å². The molecule has 1 aromatic heterocycles. The van der Waals surface area contributed by atoms with Gasteiger partial charge < -0.3 is 9.73 Å². The second-order valence-corrected chi connectivity index (χ2v) is 5.10. The number of nitrogens with one attached hydrogen (secondary N) is 1. The minimum atomic E-state index is 0.567. The molecule has 0 radical (unpaired) electrons. The molecule has 0 saturated heterocycles. The molecule has 0 aliphatic heterocycles. The normalized spacial score (nSPS) is 13.6. The van der Waals surface area contributed by atoms with Gasteiger partial charge >= 0.3 is 0 Å². The molecule has 0 aliphatic rings. The quantitative estimate of drug-likeness (QED) is 0.792. The Labute approximate surface area is 105 Å². The summed E-state index contributed by atoms with van der Waals surface area (Å²) in [7, 11) is 2.15. The molecule has 3 heteroatoms. The fourth-order valence-electron chi connectivity index (χ4n) is 1.77. The molecule has 0 bridgehead atoms. The summed E-state index contributed by atoms with van der Waals surface area (Å²) in [5, 5.41) is 3.30. The van der Waals surface area contributed by atoms with E-state index in [0.717, 1.165) is 25.4 Å². The lowest BCUT2D eigenvalue weighted by atomic mass is 10.1. The van der Waals surface area contributed by atoms with Crippen molar-refractivity contribution in [3.63, 3.8) is 0 Å². The van der Waals surface area contributed by atoms with Gasteiger partial charge in [0.2, 0.25) is 0 Å². The molecule has 1 N–H and O–H groups in total. The van der Waals surface area contributed by atoms with Crippen LogP contribution in [0.15, 0.2) is 16.7 Å². The molecule has 1 rings (SSSR count). The molecule has 1 unspecified atom stereocenters. The van der Waals surface area contributed by atoms with Crippen LogP contribution in [0.2, 0.25) is 0 Å². The molecule has 98 valence electrons. The van der Waals surface area contributed by atoms with Crippen LogP contribution in [0.3, 0.4) is 0 Å². The summed E-state index contributed by atoms with van der Waals surface area (Å²) in [5.41, 5.74) is 1.23. The molecule has 0 amide bonds. The van der Waals surface area contributed by atoms with Gasteiger partial charge in [0.1, 0.15) is 5.76 Å². The molecule has 0 fully saturated rings. The van der Waals surface area contributed by atoms with Crippen LogP contribution in [0.25, 0.3) is 0 Å². The predicted octanol–water partition coefficient (Wildman–Crippen LogP) is 2.87. The van der Waals surface area contributed by atoms with E-state index < -0.39 is 0 Å². The first-order valence-corrected chi connectivity index (χ1v) is 6.51. The van der Waals surface area contributed by atoms with Crippen molar-refractivity contribution in [2.75, 3.05) is 13.6 Å². The van der Waals surface area contributed by atoms with Crippen LogP contribution in [-0.4, -0.2) is 24.5 Å². The average molecular weight is 238 g/mol. The Morgan fingerprint density at radius 3 is 2.65 bits per heavy atom. The van der Waals surface area contributed by atoms with Gasteiger partial charge in [-0.3, -0.25) is 4.90 Å². The highest BCUT2D eigenvalue weighted by Crippen LogP contribution is 2.14. The van der Waals surface area contributed by atoms with Gasteiger partial charge in [-0.05, 0) is 32.5 Å². The van der Waals surface area contributed by atoms with Gasteiger partial charge in [0, 0.05) is 18.2 Å².